The van der Waals surface area contributed by atoms with E-state index in [-0.39, 0.29) is 6.03 Å². The number of benzene rings is 3. The normalized spacial score (nSPS) is 13.9. The smallest absolute Gasteiger partial charge is 0.326 e. The number of carbonyl (C=O) groups is 2. The molecule has 1 saturated carbocycles. The van der Waals surface area contributed by atoms with Gasteiger partial charge in [0.25, 0.3) is 5.91 Å². The van der Waals surface area contributed by atoms with E-state index in [2.05, 4.69) is 39.0 Å². The number of thiophene rings is 1. The minimum Gasteiger partial charge on any atom is -0.366 e. The van der Waals surface area contributed by atoms with Gasteiger partial charge in [0.15, 0.2) is 0 Å². The Morgan fingerprint density at radius 3 is 2.39 bits per heavy atom. The molecular formula is C32H32N6O2S. The van der Waals surface area contributed by atoms with Crippen LogP contribution in [0.4, 0.5) is 16.2 Å². The molecule has 208 valence electrons. The maximum atomic E-state index is 13.7. The molecule has 5 rings (SSSR count). The van der Waals surface area contributed by atoms with Crippen LogP contribution in [0, 0.1) is 5.53 Å². The van der Waals surface area contributed by atoms with E-state index >= 15 is 0 Å². The van der Waals surface area contributed by atoms with E-state index in [1.165, 1.54) is 37.7 Å². The summed E-state index contributed by atoms with van der Waals surface area (Å²) in [6.45, 7) is 0.292. The quantitative estimate of drug-likeness (QED) is 0.119. The number of hydrogen-bond acceptors (Lipinski definition) is 4. The van der Waals surface area contributed by atoms with Gasteiger partial charge in [-0.05, 0) is 94.2 Å². The number of anilines is 2. The van der Waals surface area contributed by atoms with Crippen molar-refractivity contribution in [3.05, 3.63) is 106 Å². The maximum Gasteiger partial charge on any atom is 0.326 e. The lowest BCUT2D eigenvalue weighted by Gasteiger charge is -2.26. The van der Waals surface area contributed by atoms with Gasteiger partial charge in [-0.25, -0.2) is 10.3 Å². The number of nitrogens with one attached hydrogen (secondary N) is 2. The minimum atomic E-state index is -0.580. The van der Waals surface area contributed by atoms with E-state index in [0.29, 0.717) is 23.7 Å². The summed E-state index contributed by atoms with van der Waals surface area (Å²) in [5.74, 6) is -0.408. The van der Waals surface area contributed by atoms with Crippen LogP contribution in [0.3, 0.4) is 0 Å². The molecule has 41 heavy (non-hydrogen) atoms. The molecule has 0 atom stereocenters. The number of carbonyl (C=O) groups excluding carboxylic acids is 2. The van der Waals surface area contributed by atoms with Crippen LogP contribution in [-0.4, -0.2) is 17.9 Å². The molecule has 1 aromatic heterocycles. The van der Waals surface area contributed by atoms with Crippen molar-refractivity contribution in [3.63, 3.8) is 0 Å². The molecule has 0 saturated heterocycles. The fraction of sp³-hybridized carbons (Fsp3) is 0.219. The van der Waals surface area contributed by atoms with E-state index in [1.807, 2.05) is 41.8 Å². The van der Waals surface area contributed by atoms with Gasteiger partial charge in [0.05, 0.1) is 6.54 Å². The lowest BCUT2D eigenvalue weighted by Crippen LogP contribution is -2.34. The Hall–Kier alpha value is -4.63. The van der Waals surface area contributed by atoms with Crippen LogP contribution in [0.5, 0.6) is 0 Å². The molecular weight excluding hydrogens is 532 g/mol. The fourth-order valence-corrected chi connectivity index (χ4v) is 5.83. The lowest BCUT2D eigenvalue weighted by atomic mass is 9.84. The summed E-state index contributed by atoms with van der Waals surface area (Å²) in [5.41, 5.74) is 18.4. The number of nitrogens with zero attached hydrogens (tertiary/aromatic N) is 3. The predicted octanol–water partition coefficient (Wildman–Crippen LogP) is 8.19. The second-order valence-electron chi connectivity index (χ2n) is 10.1. The molecule has 4 aromatic rings. The second kappa shape index (κ2) is 13.1. The van der Waals surface area contributed by atoms with Crippen LogP contribution in [0.2, 0.25) is 0 Å². The molecule has 0 spiro atoms. The second-order valence-corrected chi connectivity index (χ2v) is 10.9. The summed E-state index contributed by atoms with van der Waals surface area (Å²) in [7, 11) is 0. The highest BCUT2D eigenvalue weighted by atomic mass is 32.1. The third-order valence-electron chi connectivity index (χ3n) is 7.37. The topological polar surface area (TPSA) is 124 Å². The summed E-state index contributed by atoms with van der Waals surface area (Å²) in [6.07, 6.45) is 6.25. The first kappa shape index (κ1) is 27.9. The predicted molar refractivity (Wildman–Crippen MR) is 165 cm³/mol. The largest absolute Gasteiger partial charge is 0.366 e. The molecule has 8 nitrogen and oxygen atoms in total. The van der Waals surface area contributed by atoms with E-state index in [9.17, 15) is 9.59 Å². The molecule has 9 heteroatoms. The number of rotatable bonds is 7. The van der Waals surface area contributed by atoms with Gasteiger partial charge in [-0.15, -0.1) is 5.11 Å². The van der Waals surface area contributed by atoms with Gasteiger partial charge in [0.1, 0.15) is 0 Å². The zero-order valence-electron chi connectivity index (χ0n) is 22.6. The summed E-state index contributed by atoms with van der Waals surface area (Å²) < 4.78 is 0. The molecule has 1 aliphatic rings. The monoisotopic (exact) mass is 564 g/mol. The van der Waals surface area contributed by atoms with Crippen molar-refractivity contribution in [2.24, 2.45) is 15.8 Å². The van der Waals surface area contributed by atoms with Gasteiger partial charge in [-0.1, -0.05) is 55.7 Å². The van der Waals surface area contributed by atoms with Crippen molar-refractivity contribution in [2.75, 3.05) is 10.2 Å². The van der Waals surface area contributed by atoms with Crippen LogP contribution in [0.25, 0.3) is 11.1 Å². The standard InChI is InChI=1S/C32H32N6O2S/c33-31(37-34)36-30(39)25-11-9-22(10-12-25)20-38(29-15-13-24(14-16-29)23-5-2-1-3-6-23)32(40)35-28-8-4-7-26(19-28)27-17-18-41-21-27/h4,7-19,21,23,34H,1-3,5-6,20H2,(H,35,40)(H2,33,36,39). The van der Waals surface area contributed by atoms with Crippen LogP contribution < -0.4 is 16.0 Å². The summed E-state index contributed by atoms with van der Waals surface area (Å²) in [5, 5.41) is 10.1. The van der Waals surface area contributed by atoms with Gasteiger partial charge in [-0.2, -0.15) is 16.3 Å². The molecule has 4 N–H and O–H groups in total. The van der Waals surface area contributed by atoms with Crippen molar-refractivity contribution in [1.82, 2.24) is 0 Å². The molecule has 3 amide bonds. The Kier molecular flexibility index (Phi) is 8.95. The SMILES string of the molecule is N=NC(N)=NC(=O)c1ccc(CN(C(=O)Nc2cccc(-c3ccsc3)c2)c2ccc(C3CCCCC3)cc2)cc1. The van der Waals surface area contributed by atoms with Gasteiger partial charge in [-0.3, -0.25) is 9.69 Å². The first-order valence-electron chi connectivity index (χ1n) is 13.7. The van der Waals surface area contributed by atoms with E-state index in [4.69, 9.17) is 11.3 Å². The number of aliphatic imine (C=N–C) groups is 1. The minimum absolute atomic E-state index is 0.257. The van der Waals surface area contributed by atoms with Crippen molar-refractivity contribution >= 4 is 40.6 Å². The van der Waals surface area contributed by atoms with Crippen molar-refractivity contribution in [1.29, 1.82) is 5.53 Å². The fourth-order valence-electron chi connectivity index (χ4n) is 5.17. The Morgan fingerprint density at radius 1 is 0.951 bits per heavy atom. The molecule has 0 aliphatic heterocycles. The molecule has 0 bridgehead atoms. The van der Waals surface area contributed by atoms with E-state index in [0.717, 1.165) is 22.4 Å². The summed E-state index contributed by atoms with van der Waals surface area (Å²) >= 11 is 1.63. The third-order valence-corrected chi connectivity index (χ3v) is 8.05. The van der Waals surface area contributed by atoms with Crippen molar-refractivity contribution < 1.29 is 9.59 Å². The molecule has 3 aromatic carbocycles. The van der Waals surface area contributed by atoms with Crippen molar-refractivity contribution in [3.8, 4) is 11.1 Å². The zero-order valence-corrected chi connectivity index (χ0v) is 23.4. The number of urea groups is 1. The van der Waals surface area contributed by atoms with Crippen molar-refractivity contribution in [2.45, 2.75) is 44.6 Å². The van der Waals surface area contributed by atoms with Crippen LogP contribution in [-0.2, 0) is 6.54 Å². The summed E-state index contributed by atoms with van der Waals surface area (Å²) in [6, 6.07) is 24.8. The Morgan fingerprint density at radius 2 is 1.71 bits per heavy atom. The number of guanidine groups is 1. The van der Waals surface area contributed by atoms with Gasteiger partial charge in [0, 0.05) is 16.9 Å². The highest BCUT2D eigenvalue weighted by molar-refractivity contribution is 7.08. The average Bonchev–Trinajstić information content (AvgIpc) is 3.56. The van der Waals surface area contributed by atoms with Gasteiger partial charge < -0.3 is 11.1 Å². The van der Waals surface area contributed by atoms with E-state index < -0.39 is 11.9 Å². The van der Waals surface area contributed by atoms with E-state index in [1.54, 1.807) is 40.5 Å². The first-order valence-corrected chi connectivity index (χ1v) is 14.6. The first-order chi connectivity index (χ1) is 20.0. The number of amides is 3. The van der Waals surface area contributed by atoms with Crippen LogP contribution in [0.15, 0.2) is 99.7 Å². The highest BCUT2D eigenvalue weighted by Gasteiger charge is 2.20. The summed E-state index contributed by atoms with van der Waals surface area (Å²) in [4.78, 5) is 31.3. The van der Waals surface area contributed by atoms with Crippen LogP contribution >= 0.6 is 11.3 Å². The highest BCUT2D eigenvalue weighted by Crippen LogP contribution is 2.34. The zero-order chi connectivity index (χ0) is 28.6. The van der Waals surface area contributed by atoms with Gasteiger partial charge >= 0.3 is 6.03 Å². The lowest BCUT2D eigenvalue weighted by molar-refractivity contribution is 0.100. The maximum absolute atomic E-state index is 13.7. The van der Waals surface area contributed by atoms with Gasteiger partial charge in [0.2, 0.25) is 5.96 Å². The van der Waals surface area contributed by atoms with Crippen LogP contribution in [0.1, 0.15) is 59.5 Å². The average molecular weight is 565 g/mol. The molecule has 1 aliphatic carbocycles. The molecule has 1 fully saturated rings. The number of hydrogen-bond donors (Lipinski definition) is 3. The molecule has 1 heterocycles. The Bertz CT molecular complexity index is 1530. The molecule has 0 unspecified atom stereocenters. The Labute approximate surface area is 243 Å². The number of nitrogens with two attached hydrogens (primary N) is 1. The third kappa shape index (κ3) is 7.12. The molecule has 0 radical (unpaired) electrons. The Balaban J connectivity index is 1.39.